The van der Waals surface area contributed by atoms with Gasteiger partial charge in [-0.2, -0.15) is 0 Å². The lowest BCUT2D eigenvalue weighted by atomic mass is 10.2. The summed E-state index contributed by atoms with van der Waals surface area (Å²) in [6.45, 7) is 2.95. The van der Waals surface area contributed by atoms with Crippen molar-refractivity contribution < 1.29 is 19.2 Å². The average molecular weight is 391 g/mol. The highest BCUT2D eigenvalue weighted by molar-refractivity contribution is 6.31. The SMILES string of the molecule is Cc1ccc(Cl)cc1NC(=O)CN1C(=O)C(C)Oc2ccc([N+](=O)[O-])nc21. The van der Waals surface area contributed by atoms with Gasteiger partial charge in [-0.3, -0.25) is 14.5 Å². The molecule has 0 saturated carbocycles. The van der Waals surface area contributed by atoms with Crippen molar-refractivity contribution in [2.24, 2.45) is 0 Å². The molecule has 1 aromatic heterocycles. The minimum Gasteiger partial charge on any atom is -0.475 e. The Morgan fingerprint density at radius 2 is 2.15 bits per heavy atom. The monoisotopic (exact) mass is 390 g/mol. The predicted molar refractivity (Wildman–Crippen MR) is 98.2 cm³/mol. The van der Waals surface area contributed by atoms with E-state index in [2.05, 4.69) is 10.3 Å². The second-order valence-electron chi connectivity index (χ2n) is 5.94. The quantitative estimate of drug-likeness (QED) is 0.634. The van der Waals surface area contributed by atoms with Gasteiger partial charge in [0, 0.05) is 16.8 Å². The predicted octanol–water partition coefficient (Wildman–Crippen LogP) is 2.70. The number of carbonyl (C=O) groups excluding carboxylic acids is 2. The number of hydrogen-bond donors (Lipinski definition) is 1. The summed E-state index contributed by atoms with van der Waals surface area (Å²) in [6, 6.07) is 7.57. The van der Waals surface area contributed by atoms with Crippen LogP contribution in [0.1, 0.15) is 12.5 Å². The molecule has 9 nitrogen and oxygen atoms in total. The molecule has 3 rings (SSSR count). The molecule has 1 N–H and O–H groups in total. The van der Waals surface area contributed by atoms with Crippen molar-refractivity contribution in [1.29, 1.82) is 0 Å². The van der Waals surface area contributed by atoms with E-state index >= 15 is 0 Å². The molecular formula is C17H15ClN4O5. The van der Waals surface area contributed by atoms with Crippen molar-refractivity contribution in [1.82, 2.24) is 4.98 Å². The molecule has 2 aromatic rings. The lowest BCUT2D eigenvalue weighted by Crippen LogP contribution is -2.48. The highest BCUT2D eigenvalue weighted by Gasteiger charge is 2.37. The summed E-state index contributed by atoms with van der Waals surface area (Å²) in [4.78, 5) is 40.2. The van der Waals surface area contributed by atoms with E-state index in [1.807, 2.05) is 0 Å². The van der Waals surface area contributed by atoms with Crippen LogP contribution in [0.5, 0.6) is 5.75 Å². The molecule has 1 aliphatic rings. The van der Waals surface area contributed by atoms with E-state index in [1.54, 1.807) is 25.1 Å². The van der Waals surface area contributed by atoms with Crippen LogP contribution in [-0.4, -0.2) is 34.4 Å². The number of nitrogens with one attached hydrogen (secondary N) is 1. The fourth-order valence-electron chi connectivity index (χ4n) is 2.59. The van der Waals surface area contributed by atoms with Crippen molar-refractivity contribution in [2.75, 3.05) is 16.8 Å². The standard InChI is InChI=1S/C17H15ClN4O5/c1-9-3-4-11(18)7-12(9)19-15(23)8-21-16-13(27-10(2)17(21)24)5-6-14(20-16)22(25)26/h3-7,10H,8H2,1-2H3,(H,19,23). The average Bonchev–Trinajstić information content (AvgIpc) is 2.61. The summed E-state index contributed by atoms with van der Waals surface area (Å²) in [5.41, 5.74) is 1.30. The molecule has 1 atom stereocenters. The number of hydrogen-bond acceptors (Lipinski definition) is 6. The molecule has 0 fully saturated rings. The van der Waals surface area contributed by atoms with Gasteiger partial charge in [0.1, 0.15) is 6.54 Å². The van der Waals surface area contributed by atoms with Crippen LogP contribution in [0.25, 0.3) is 0 Å². The van der Waals surface area contributed by atoms with Crippen LogP contribution in [0.3, 0.4) is 0 Å². The van der Waals surface area contributed by atoms with Crippen molar-refractivity contribution in [3.8, 4) is 5.75 Å². The second kappa shape index (κ2) is 7.20. The number of nitro groups is 1. The molecule has 2 amide bonds. The first kappa shape index (κ1) is 18.6. The topological polar surface area (TPSA) is 115 Å². The van der Waals surface area contributed by atoms with Crippen LogP contribution in [0.2, 0.25) is 5.02 Å². The first-order chi connectivity index (χ1) is 12.8. The van der Waals surface area contributed by atoms with Gasteiger partial charge in [0.25, 0.3) is 11.7 Å². The lowest BCUT2D eigenvalue weighted by Gasteiger charge is -2.28. The van der Waals surface area contributed by atoms with Crippen molar-refractivity contribution >= 4 is 40.7 Å². The molecule has 0 spiro atoms. The van der Waals surface area contributed by atoms with Gasteiger partial charge in [-0.25, -0.2) is 0 Å². The van der Waals surface area contributed by atoms with E-state index in [-0.39, 0.29) is 18.1 Å². The molecule has 10 heteroatoms. The maximum absolute atomic E-state index is 12.5. The number of anilines is 2. The van der Waals surface area contributed by atoms with Gasteiger partial charge >= 0.3 is 5.82 Å². The third kappa shape index (κ3) is 3.82. The first-order valence-electron chi connectivity index (χ1n) is 7.95. The normalized spacial score (nSPS) is 15.7. The molecule has 0 saturated heterocycles. The number of fused-ring (bicyclic) bond motifs is 1. The summed E-state index contributed by atoms with van der Waals surface area (Å²) >= 11 is 5.94. The Kier molecular flexibility index (Phi) is 4.95. The smallest absolute Gasteiger partial charge is 0.366 e. The maximum atomic E-state index is 12.5. The van der Waals surface area contributed by atoms with Gasteiger partial charge in [0.05, 0.1) is 0 Å². The number of carbonyl (C=O) groups is 2. The van der Waals surface area contributed by atoms with Gasteiger partial charge in [-0.1, -0.05) is 17.7 Å². The molecule has 2 heterocycles. The van der Waals surface area contributed by atoms with Crippen molar-refractivity contribution in [3.63, 3.8) is 0 Å². The van der Waals surface area contributed by atoms with E-state index in [4.69, 9.17) is 16.3 Å². The summed E-state index contributed by atoms with van der Waals surface area (Å²) < 4.78 is 5.42. The Labute approximate surface area is 159 Å². The number of benzene rings is 1. The summed E-state index contributed by atoms with van der Waals surface area (Å²) in [5, 5.41) is 14.1. The number of halogens is 1. The Bertz CT molecular complexity index is 949. The zero-order valence-corrected chi connectivity index (χ0v) is 15.2. The van der Waals surface area contributed by atoms with Crippen LogP contribution in [0.4, 0.5) is 17.3 Å². The Morgan fingerprint density at radius 1 is 1.41 bits per heavy atom. The Balaban J connectivity index is 1.88. The molecule has 0 radical (unpaired) electrons. The minimum absolute atomic E-state index is 0.0646. The van der Waals surface area contributed by atoms with Crippen LogP contribution in [0.15, 0.2) is 30.3 Å². The van der Waals surface area contributed by atoms with Crippen LogP contribution in [-0.2, 0) is 9.59 Å². The zero-order valence-electron chi connectivity index (χ0n) is 14.4. The van der Waals surface area contributed by atoms with Crippen LogP contribution in [0, 0.1) is 17.0 Å². The van der Waals surface area contributed by atoms with E-state index in [0.29, 0.717) is 10.7 Å². The molecule has 140 valence electrons. The third-order valence-corrected chi connectivity index (χ3v) is 4.20. The number of pyridine rings is 1. The number of amides is 2. The highest BCUT2D eigenvalue weighted by Crippen LogP contribution is 2.34. The number of aromatic nitrogens is 1. The molecule has 1 unspecified atom stereocenters. The first-order valence-corrected chi connectivity index (χ1v) is 8.33. The molecular weight excluding hydrogens is 376 g/mol. The summed E-state index contributed by atoms with van der Waals surface area (Å²) in [7, 11) is 0. The van der Waals surface area contributed by atoms with E-state index in [1.165, 1.54) is 19.1 Å². The maximum Gasteiger partial charge on any atom is 0.366 e. The molecule has 1 aliphatic heterocycles. The van der Waals surface area contributed by atoms with Crippen molar-refractivity contribution in [2.45, 2.75) is 20.0 Å². The van der Waals surface area contributed by atoms with Gasteiger partial charge in [0.15, 0.2) is 11.9 Å². The van der Waals surface area contributed by atoms with E-state index < -0.39 is 28.7 Å². The number of nitrogens with zero attached hydrogens (tertiary/aromatic N) is 3. The summed E-state index contributed by atoms with van der Waals surface area (Å²) in [6.07, 6.45) is -0.846. The summed E-state index contributed by atoms with van der Waals surface area (Å²) in [5.74, 6) is -1.34. The lowest BCUT2D eigenvalue weighted by molar-refractivity contribution is -0.389. The molecule has 1 aromatic carbocycles. The molecule has 0 bridgehead atoms. The third-order valence-electron chi connectivity index (χ3n) is 3.96. The van der Waals surface area contributed by atoms with Crippen LogP contribution >= 0.6 is 11.6 Å². The van der Waals surface area contributed by atoms with Crippen molar-refractivity contribution in [3.05, 3.63) is 51.0 Å². The molecule has 27 heavy (non-hydrogen) atoms. The minimum atomic E-state index is -0.846. The largest absolute Gasteiger partial charge is 0.475 e. The van der Waals surface area contributed by atoms with Gasteiger partial charge in [-0.15, -0.1) is 0 Å². The van der Waals surface area contributed by atoms with E-state index in [0.717, 1.165) is 10.5 Å². The Hall–Kier alpha value is -3.20. The number of aryl methyl sites for hydroxylation is 1. The van der Waals surface area contributed by atoms with E-state index in [9.17, 15) is 19.7 Å². The van der Waals surface area contributed by atoms with Crippen LogP contribution < -0.4 is 15.0 Å². The van der Waals surface area contributed by atoms with Gasteiger partial charge in [-0.05, 0) is 47.5 Å². The second-order valence-corrected chi connectivity index (χ2v) is 6.38. The zero-order chi connectivity index (χ0) is 19.7. The number of rotatable bonds is 4. The number of ether oxygens (including phenoxy) is 1. The highest BCUT2D eigenvalue weighted by atomic mass is 35.5. The van der Waals surface area contributed by atoms with Gasteiger partial charge in [0.2, 0.25) is 5.91 Å². The molecule has 0 aliphatic carbocycles. The Morgan fingerprint density at radius 3 is 2.85 bits per heavy atom. The fraction of sp³-hybridized carbons (Fsp3) is 0.235. The van der Waals surface area contributed by atoms with Gasteiger partial charge < -0.3 is 20.2 Å². The fourth-order valence-corrected chi connectivity index (χ4v) is 2.76.